The molecule has 0 aromatic rings. The van der Waals surface area contributed by atoms with Crippen molar-refractivity contribution in [1.29, 1.82) is 0 Å². The lowest BCUT2D eigenvalue weighted by atomic mass is 10.1. The summed E-state index contributed by atoms with van der Waals surface area (Å²) >= 11 is 0. The van der Waals surface area contributed by atoms with Crippen molar-refractivity contribution in [2.24, 2.45) is 0 Å². The fourth-order valence-corrected chi connectivity index (χ4v) is 1.82. The smallest absolute Gasteiger partial charge is 0.407 e. The van der Waals surface area contributed by atoms with E-state index in [9.17, 15) is 9.90 Å². The van der Waals surface area contributed by atoms with E-state index in [1.807, 2.05) is 20.8 Å². The molecule has 1 aliphatic carbocycles. The first-order chi connectivity index (χ1) is 6.68. The third-order valence-corrected chi connectivity index (χ3v) is 2.44. The molecule has 1 aliphatic rings. The molecule has 2 N–H and O–H groups in total. The summed E-state index contributed by atoms with van der Waals surface area (Å²) in [5.74, 6) is 0. The van der Waals surface area contributed by atoms with Crippen molar-refractivity contribution in [3.05, 3.63) is 0 Å². The van der Waals surface area contributed by atoms with Gasteiger partial charge in [-0.1, -0.05) is 0 Å². The first-order valence-electron chi connectivity index (χ1n) is 5.40. The Kier molecular flexibility index (Phi) is 3.28. The van der Waals surface area contributed by atoms with Crippen LogP contribution in [0.25, 0.3) is 0 Å². The molecule has 1 amide bonds. The number of carbonyl (C=O) groups is 1. The van der Waals surface area contributed by atoms with Crippen LogP contribution in [0.5, 0.6) is 0 Å². The van der Waals surface area contributed by atoms with E-state index in [1.165, 1.54) is 0 Å². The van der Waals surface area contributed by atoms with Crippen LogP contribution in [-0.4, -0.2) is 28.4 Å². The van der Waals surface area contributed by atoms with Crippen LogP contribution in [0, 0.1) is 0 Å². The molecule has 0 saturated heterocycles. The van der Waals surface area contributed by atoms with Crippen LogP contribution < -0.4 is 5.32 Å². The predicted octanol–water partition coefficient (Wildman–Crippen LogP) is 1.81. The number of ether oxygens (including phenoxy) is 1. The molecular formula is C11H21NO3. The third kappa shape index (κ3) is 4.51. The van der Waals surface area contributed by atoms with Crippen LogP contribution in [-0.2, 0) is 4.74 Å². The van der Waals surface area contributed by atoms with Gasteiger partial charge in [-0.25, -0.2) is 4.79 Å². The topological polar surface area (TPSA) is 58.6 Å². The average Bonchev–Trinajstić information content (AvgIpc) is 2.25. The lowest BCUT2D eigenvalue weighted by Gasteiger charge is -2.22. The minimum Gasteiger partial charge on any atom is -0.444 e. The summed E-state index contributed by atoms with van der Waals surface area (Å²) in [5, 5.41) is 12.5. The number of amides is 1. The van der Waals surface area contributed by atoms with E-state index in [-0.39, 0.29) is 6.04 Å². The van der Waals surface area contributed by atoms with E-state index < -0.39 is 17.3 Å². The Morgan fingerprint density at radius 2 is 2.13 bits per heavy atom. The second-order valence-corrected chi connectivity index (χ2v) is 5.58. The van der Waals surface area contributed by atoms with Crippen LogP contribution >= 0.6 is 0 Å². The molecule has 0 aromatic heterocycles. The SMILES string of the molecule is CC1(O)CCC(NC(=O)OC(C)(C)C)C1. The zero-order valence-electron chi connectivity index (χ0n) is 9.96. The van der Waals surface area contributed by atoms with Crippen molar-refractivity contribution < 1.29 is 14.6 Å². The maximum Gasteiger partial charge on any atom is 0.407 e. The van der Waals surface area contributed by atoms with E-state index in [2.05, 4.69) is 5.32 Å². The highest BCUT2D eigenvalue weighted by Gasteiger charge is 2.34. The molecule has 0 aliphatic heterocycles. The van der Waals surface area contributed by atoms with Crippen molar-refractivity contribution in [2.75, 3.05) is 0 Å². The summed E-state index contributed by atoms with van der Waals surface area (Å²) in [5.41, 5.74) is -1.11. The Bertz CT molecular complexity index is 243. The highest BCUT2D eigenvalue weighted by atomic mass is 16.6. The molecule has 1 fully saturated rings. The van der Waals surface area contributed by atoms with E-state index >= 15 is 0 Å². The Hall–Kier alpha value is -0.770. The molecule has 88 valence electrons. The number of carbonyl (C=O) groups excluding carboxylic acids is 1. The summed E-state index contributed by atoms with van der Waals surface area (Å²) in [6.45, 7) is 7.29. The summed E-state index contributed by atoms with van der Waals surface area (Å²) in [6, 6.07) is 0.0369. The van der Waals surface area contributed by atoms with E-state index in [1.54, 1.807) is 6.92 Å². The van der Waals surface area contributed by atoms with Crippen molar-refractivity contribution >= 4 is 6.09 Å². The molecule has 0 spiro atoms. The number of hydrogen-bond donors (Lipinski definition) is 2. The van der Waals surface area contributed by atoms with Gasteiger partial charge in [0.05, 0.1) is 5.60 Å². The first-order valence-corrected chi connectivity index (χ1v) is 5.40. The molecule has 0 radical (unpaired) electrons. The Labute approximate surface area is 91.0 Å². The summed E-state index contributed by atoms with van der Waals surface area (Å²) in [6.07, 6.45) is 1.75. The van der Waals surface area contributed by atoms with Gasteiger partial charge in [-0.15, -0.1) is 0 Å². The van der Waals surface area contributed by atoms with E-state index in [0.29, 0.717) is 6.42 Å². The predicted molar refractivity (Wildman–Crippen MR) is 57.6 cm³/mol. The Morgan fingerprint density at radius 3 is 2.53 bits per heavy atom. The summed E-state index contributed by atoms with van der Waals surface area (Å²) in [4.78, 5) is 11.4. The second-order valence-electron chi connectivity index (χ2n) is 5.58. The van der Waals surface area contributed by atoms with Gasteiger partial charge >= 0.3 is 6.09 Å². The second kappa shape index (κ2) is 4.00. The normalized spacial score (nSPS) is 31.4. The molecule has 2 atom stereocenters. The quantitative estimate of drug-likeness (QED) is 0.701. The zero-order valence-corrected chi connectivity index (χ0v) is 9.96. The van der Waals surface area contributed by atoms with Crippen molar-refractivity contribution in [3.8, 4) is 0 Å². The lowest BCUT2D eigenvalue weighted by Crippen LogP contribution is -2.38. The van der Waals surface area contributed by atoms with Gasteiger partial charge < -0.3 is 15.2 Å². The van der Waals surface area contributed by atoms with Gasteiger partial charge in [-0.3, -0.25) is 0 Å². The molecular weight excluding hydrogens is 194 g/mol. The Balaban J connectivity index is 2.34. The molecule has 4 heteroatoms. The van der Waals surface area contributed by atoms with Crippen LogP contribution in [0.2, 0.25) is 0 Å². The molecule has 0 aromatic carbocycles. The van der Waals surface area contributed by atoms with E-state index in [0.717, 1.165) is 12.8 Å². The van der Waals surface area contributed by atoms with Crippen LogP contribution in [0.15, 0.2) is 0 Å². The molecule has 4 nitrogen and oxygen atoms in total. The maximum atomic E-state index is 11.4. The number of aliphatic hydroxyl groups is 1. The highest BCUT2D eigenvalue weighted by molar-refractivity contribution is 5.68. The van der Waals surface area contributed by atoms with Crippen molar-refractivity contribution in [3.63, 3.8) is 0 Å². The standard InChI is InChI=1S/C11H21NO3/c1-10(2,3)15-9(13)12-8-5-6-11(4,14)7-8/h8,14H,5-7H2,1-4H3,(H,12,13). The van der Waals surface area contributed by atoms with Gasteiger partial charge in [0, 0.05) is 6.04 Å². The zero-order chi connectivity index (χ0) is 11.7. The molecule has 15 heavy (non-hydrogen) atoms. The minimum absolute atomic E-state index is 0.0369. The summed E-state index contributed by atoms with van der Waals surface area (Å²) < 4.78 is 5.14. The average molecular weight is 215 g/mol. The molecule has 0 heterocycles. The minimum atomic E-state index is -0.639. The van der Waals surface area contributed by atoms with Crippen LogP contribution in [0.3, 0.4) is 0 Å². The fraction of sp³-hybridized carbons (Fsp3) is 0.909. The van der Waals surface area contributed by atoms with Gasteiger partial charge in [0.2, 0.25) is 0 Å². The van der Waals surface area contributed by atoms with Crippen molar-refractivity contribution in [2.45, 2.75) is 64.2 Å². The number of hydrogen-bond acceptors (Lipinski definition) is 3. The van der Waals surface area contributed by atoms with Gasteiger partial charge in [0.25, 0.3) is 0 Å². The maximum absolute atomic E-state index is 11.4. The number of nitrogens with one attached hydrogen (secondary N) is 1. The lowest BCUT2D eigenvalue weighted by molar-refractivity contribution is 0.0471. The fourth-order valence-electron chi connectivity index (χ4n) is 1.82. The summed E-state index contributed by atoms with van der Waals surface area (Å²) in [7, 11) is 0. The molecule has 2 unspecified atom stereocenters. The van der Waals surface area contributed by atoms with Gasteiger partial charge in [-0.05, 0) is 47.0 Å². The molecule has 1 rings (SSSR count). The van der Waals surface area contributed by atoms with Crippen LogP contribution in [0.1, 0.15) is 47.0 Å². The van der Waals surface area contributed by atoms with Gasteiger partial charge in [0.1, 0.15) is 5.60 Å². The highest BCUT2D eigenvalue weighted by Crippen LogP contribution is 2.29. The van der Waals surface area contributed by atoms with E-state index in [4.69, 9.17) is 4.74 Å². The van der Waals surface area contributed by atoms with Crippen LogP contribution in [0.4, 0.5) is 4.79 Å². The monoisotopic (exact) mass is 215 g/mol. The third-order valence-electron chi connectivity index (χ3n) is 2.44. The van der Waals surface area contributed by atoms with Gasteiger partial charge in [-0.2, -0.15) is 0 Å². The Morgan fingerprint density at radius 1 is 1.53 bits per heavy atom. The first kappa shape index (κ1) is 12.3. The van der Waals surface area contributed by atoms with Crippen molar-refractivity contribution in [1.82, 2.24) is 5.32 Å². The van der Waals surface area contributed by atoms with Gasteiger partial charge in [0.15, 0.2) is 0 Å². The number of alkyl carbamates (subject to hydrolysis) is 1. The molecule has 0 bridgehead atoms. The molecule has 1 saturated carbocycles. The number of rotatable bonds is 1. The largest absolute Gasteiger partial charge is 0.444 e.